The van der Waals surface area contributed by atoms with Gasteiger partial charge in [0.05, 0.1) is 23.7 Å². The summed E-state index contributed by atoms with van der Waals surface area (Å²) < 4.78 is 32.7. The first-order valence-corrected chi connectivity index (χ1v) is 10.5. The van der Waals surface area contributed by atoms with Crippen molar-refractivity contribution in [2.24, 2.45) is 5.16 Å². The number of carbonyl (C=O) groups is 1. The summed E-state index contributed by atoms with van der Waals surface area (Å²) in [6.45, 7) is 1.91. The van der Waals surface area contributed by atoms with Crippen molar-refractivity contribution in [2.75, 3.05) is 17.5 Å². The Morgan fingerprint density at radius 2 is 1.89 bits per heavy atom. The summed E-state index contributed by atoms with van der Waals surface area (Å²) >= 11 is 5.88. The quantitative estimate of drug-likeness (QED) is 0.639. The molecule has 3 rings (SSSR count). The van der Waals surface area contributed by atoms with Gasteiger partial charge in [0, 0.05) is 11.4 Å². The largest absolute Gasteiger partial charge is 0.461 e. The second-order valence-electron chi connectivity index (χ2n) is 6.02. The molecule has 1 aliphatic heterocycles. The molecule has 0 aliphatic carbocycles. The van der Waals surface area contributed by atoms with Gasteiger partial charge in [0.15, 0.2) is 11.8 Å². The first kappa shape index (κ1) is 20.2. The lowest BCUT2D eigenvalue weighted by Crippen LogP contribution is -2.38. The zero-order valence-electron chi connectivity index (χ0n) is 15.1. The summed E-state index contributed by atoms with van der Waals surface area (Å²) in [4.78, 5) is 17.2. The lowest BCUT2D eigenvalue weighted by molar-refractivity contribution is -0.135. The van der Waals surface area contributed by atoms with Crippen molar-refractivity contribution >= 4 is 39.0 Å². The second kappa shape index (κ2) is 8.62. The molecular weight excluding hydrogens is 404 g/mol. The molecule has 0 amide bonds. The smallest absolute Gasteiger partial charge is 0.356 e. The maximum Gasteiger partial charge on any atom is 0.356 e. The standard InChI is InChI=1S/C19H19ClN2O5S/c1-2-26-19(23)18-12-16(27-21-18)13-22(15-6-4-3-5-7-15)28(24,25)17-10-8-14(20)9-11-17/h3-11,16H,2,12-13H2,1H3/t16-/m0/s1. The van der Waals surface area contributed by atoms with Crippen molar-refractivity contribution in [3.8, 4) is 0 Å². The molecule has 7 nitrogen and oxygen atoms in total. The number of benzene rings is 2. The minimum atomic E-state index is -3.88. The van der Waals surface area contributed by atoms with E-state index in [1.54, 1.807) is 37.3 Å². The Hall–Kier alpha value is -2.58. The number of sulfonamides is 1. The van der Waals surface area contributed by atoms with E-state index in [-0.39, 0.29) is 30.2 Å². The van der Waals surface area contributed by atoms with Crippen molar-refractivity contribution < 1.29 is 22.8 Å². The van der Waals surface area contributed by atoms with Crippen molar-refractivity contribution in [1.29, 1.82) is 0 Å². The maximum atomic E-state index is 13.2. The Morgan fingerprint density at radius 1 is 1.21 bits per heavy atom. The average molecular weight is 423 g/mol. The number of rotatable bonds is 7. The number of halogens is 1. The number of hydrogen-bond donors (Lipinski definition) is 0. The summed E-state index contributed by atoms with van der Waals surface area (Å²) in [6, 6.07) is 14.6. The minimum Gasteiger partial charge on any atom is -0.461 e. The Kier molecular flexibility index (Phi) is 6.21. The fourth-order valence-electron chi connectivity index (χ4n) is 2.72. The van der Waals surface area contributed by atoms with Gasteiger partial charge in [-0.1, -0.05) is 35.0 Å². The van der Waals surface area contributed by atoms with E-state index in [1.165, 1.54) is 28.6 Å². The van der Waals surface area contributed by atoms with Gasteiger partial charge in [-0.15, -0.1) is 0 Å². The van der Waals surface area contributed by atoms with E-state index >= 15 is 0 Å². The van der Waals surface area contributed by atoms with Crippen molar-refractivity contribution in [3.05, 3.63) is 59.6 Å². The summed E-state index contributed by atoms with van der Waals surface area (Å²) in [5, 5.41) is 4.19. The predicted molar refractivity (Wildman–Crippen MR) is 106 cm³/mol. The summed E-state index contributed by atoms with van der Waals surface area (Å²) in [5.41, 5.74) is 0.620. The molecule has 2 aromatic carbocycles. The van der Waals surface area contributed by atoms with Crippen molar-refractivity contribution in [2.45, 2.75) is 24.3 Å². The number of nitrogens with zero attached hydrogens (tertiary/aromatic N) is 2. The van der Waals surface area contributed by atoms with Crippen molar-refractivity contribution in [1.82, 2.24) is 0 Å². The van der Waals surface area contributed by atoms with Crippen LogP contribution in [0.3, 0.4) is 0 Å². The molecule has 0 fully saturated rings. The highest BCUT2D eigenvalue weighted by molar-refractivity contribution is 7.92. The number of para-hydroxylation sites is 1. The number of esters is 1. The highest BCUT2D eigenvalue weighted by atomic mass is 35.5. The molecule has 0 saturated heterocycles. The van der Waals surface area contributed by atoms with Gasteiger partial charge in [0.1, 0.15) is 0 Å². The van der Waals surface area contributed by atoms with Gasteiger partial charge in [0.2, 0.25) is 0 Å². The molecule has 1 atom stereocenters. The van der Waals surface area contributed by atoms with Crippen LogP contribution in [-0.2, 0) is 24.4 Å². The Bertz CT molecular complexity index is 962. The molecule has 1 aliphatic rings. The fraction of sp³-hybridized carbons (Fsp3) is 0.263. The number of ether oxygens (including phenoxy) is 1. The van der Waals surface area contributed by atoms with Crippen LogP contribution in [0.4, 0.5) is 5.69 Å². The summed E-state index contributed by atoms with van der Waals surface area (Å²) in [7, 11) is -3.88. The van der Waals surface area contributed by atoms with Crippen molar-refractivity contribution in [3.63, 3.8) is 0 Å². The van der Waals surface area contributed by atoms with Crippen LogP contribution in [0.25, 0.3) is 0 Å². The molecule has 0 radical (unpaired) electrons. The monoisotopic (exact) mass is 422 g/mol. The third-order valence-electron chi connectivity index (χ3n) is 4.06. The zero-order chi connectivity index (χ0) is 20.1. The van der Waals surface area contributed by atoms with E-state index in [1.807, 2.05) is 0 Å². The molecule has 2 aromatic rings. The van der Waals surface area contributed by atoms with Crippen LogP contribution >= 0.6 is 11.6 Å². The number of hydrogen-bond acceptors (Lipinski definition) is 6. The summed E-state index contributed by atoms with van der Waals surface area (Å²) in [5.74, 6) is -0.559. The van der Waals surface area contributed by atoms with Gasteiger partial charge < -0.3 is 9.57 Å². The van der Waals surface area contributed by atoms with Gasteiger partial charge in [-0.25, -0.2) is 13.2 Å². The van der Waals surface area contributed by atoms with E-state index in [0.717, 1.165) is 0 Å². The SMILES string of the molecule is CCOC(=O)C1=NO[C@H](CN(c2ccccc2)S(=O)(=O)c2ccc(Cl)cc2)C1. The third kappa shape index (κ3) is 4.45. The molecule has 0 N–H and O–H groups in total. The predicted octanol–water partition coefficient (Wildman–Crippen LogP) is 3.24. The maximum absolute atomic E-state index is 13.2. The van der Waals surface area contributed by atoms with Crippen LogP contribution < -0.4 is 4.31 Å². The Morgan fingerprint density at radius 3 is 2.54 bits per heavy atom. The van der Waals surface area contributed by atoms with Gasteiger partial charge in [-0.05, 0) is 43.3 Å². The number of oxime groups is 1. The topological polar surface area (TPSA) is 85.3 Å². The van der Waals surface area contributed by atoms with Crippen LogP contribution in [0.1, 0.15) is 13.3 Å². The lowest BCUT2D eigenvalue weighted by atomic mass is 10.2. The van der Waals surface area contributed by atoms with Crippen LogP contribution in [0.5, 0.6) is 0 Å². The van der Waals surface area contributed by atoms with Crippen LogP contribution in [0, 0.1) is 0 Å². The molecule has 1 heterocycles. The Labute approximate surface area is 168 Å². The lowest BCUT2D eigenvalue weighted by Gasteiger charge is -2.26. The third-order valence-corrected chi connectivity index (χ3v) is 6.12. The Balaban J connectivity index is 1.85. The minimum absolute atomic E-state index is 0.0125. The zero-order valence-corrected chi connectivity index (χ0v) is 16.7. The molecule has 148 valence electrons. The van der Waals surface area contributed by atoms with Gasteiger partial charge in [-0.2, -0.15) is 0 Å². The summed E-state index contributed by atoms with van der Waals surface area (Å²) in [6.07, 6.45) is -0.445. The van der Waals surface area contributed by atoms with E-state index in [9.17, 15) is 13.2 Å². The first-order chi connectivity index (χ1) is 13.4. The van der Waals surface area contributed by atoms with E-state index in [0.29, 0.717) is 10.7 Å². The highest BCUT2D eigenvalue weighted by Gasteiger charge is 2.33. The molecule has 28 heavy (non-hydrogen) atoms. The highest BCUT2D eigenvalue weighted by Crippen LogP contribution is 2.26. The van der Waals surface area contributed by atoms with E-state index < -0.39 is 22.1 Å². The normalized spacial score (nSPS) is 16.2. The molecule has 0 saturated carbocycles. The van der Waals surface area contributed by atoms with Gasteiger partial charge in [-0.3, -0.25) is 4.31 Å². The molecule has 0 unspecified atom stereocenters. The molecule has 0 bridgehead atoms. The van der Waals surface area contributed by atoms with Gasteiger partial charge in [0.25, 0.3) is 10.0 Å². The molecule has 0 spiro atoms. The first-order valence-electron chi connectivity index (χ1n) is 8.65. The number of carbonyl (C=O) groups excluding carboxylic acids is 1. The second-order valence-corrected chi connectivity index (χ2v) is 8.31. The number of anilines is 1. The average Bonchev–Trinajstić information content (AvgIpc) is 3.16. The van der Waals surface area contributed by atoms with Crippen LogP contribution in [0.2, 0.25) is 5.02 Å². The van der Waals surface area contributed by atoms with Crippen LogP contribution in [0.15, 0.2) is 64.6 Å². The fourth-order valence-corrected chi connectivity index (χ4v) is 4.34. The molecular formula is C19H19ClN2O5S. The van der Waals surface area contributed by atoms with E-state index in [4.69, 9.17) is 21.2 Å². The molecule has 9 heteroatoms. The van der Waals surface area contributed by atoms with E-state index in [2.05, 4.69) is 5.16 Å². The van der Waals surface area contributed by atoms with Gasteiger partial charge >= 0.3 is 5.97 Å². The van der Waals surface area contributed by atoms with Crippen LogP contribution in [-0.4, -0.2) is 39.4 Å². The molecule has 0 aromatic heterocycles.